The van der Waals surface area contributed by atoms with Crippen LogP contribution in [0.3, 0.4) is 0 Å². The lowest BCUT2D eigenvalue weighted by molar-refractivity contribution is -0.0498. The number of aryl methyl sites for hydroxylation is 2. The van der Waals surface area contributed by atoms with E-state index in [4.69, 9.17) is 0 Å². The van der Waals surface area contributed by atoms with Crippen molar-refractivity contribution < 1.29 is 18.3 Å². The number of nitrogens with one attached hydrogen (secondary N) is 3. The van der Waals surface area contributed by atoms with Crippen LogP contribution in [-0.2, 0) is 0 Å². The van der Waals surface area contributed by atoms with Crippen molar-refractivity contribution in [2.24, 2.45) is 10.2 Å². The first-order valence-electron chi connectivity index (χ1n) is 10.4. The molecule has 2 amide bonds. The van der Waals surface area contributed by atoms with Crippen LogP contribution >= 0.6 is 0 Å². The molecule has 3 rings (SSSR count). The molecule has 0 unspecified atom stereocenters. The van der Waals surface area contributed by atoms with Crippen LogP contribution in [0.25, 0.3) is 0 Å². The average molecular weight is 466 g/mol. The summed E-state index contributed by atoms with van der Waals surface area (Å²) in [5.41, 5.74) is 11.1. The number of carbonyl (C=O) groups is 1. The van der Waals surface area contributed by atoms with Crippen LogP contribution in [0.5, 0.6) is 5.75 Å². The van der Waals surface area contributed by atoms with Gasteiger partial charge in [0.2, 0.25) is 0 Å². The van der Waals surface area contributed by atoms with Crippen molar-refractivity contribution in [1.82, 2.24) is 5.43 Å². The van der Waals surface area contributed by atoms with Gasteiger partial charge in [-0.05, 0) is 79.4 Å². The Labute approximate surface area is 196 Å². The van der Waals surface area contributed by atoms with Gasteiger partial charge in [-0.3, -0.25) is 5.43 Å². The molecular formula is C25H25F2N5O2. The molecule has 176 valence electrons. The zero-order valence-corrected chi connectivity index (χ0v) is 19.0. The van der Waals surface area contributed by atoms with Crippen molar-refractivity contribution in [2.45, 2.75) is 27.4 Å². The largest absolute Gasteiger partial charge is 0.435 e. The normalized spacial score (nSPS) is 11.5. The number of halogens is 2. The summed E-state index contributed by atoms with van der Waals surface area (Å²) in [5.74, 6) is 0.0917. The molecule has 0 radical (unpaired) electrons. The number of rotatable bonds is 8. The van der Waals surface area contributed by atoms with Crippen LogP contribution < -0.4 is 20.9 Å². The molecule has 0 fully saturated rings. The average Bonchev–Trinajstić information content (AvgIpc) is 2.81. The van der Waals surface area contributed by atoms with E-state index in [0.29, 0.717) is 5.71 Å². The van der Waals surface area contributed by atoms with Crippen molar-refractivity contribution in [3.8, 4) is 5.75 Å². The van der Waals surface area contributed by atoms with Gasteiger partial charge in [0.25, 0.3) is 0 Å². The fourth-order valence-electron chi connectivity index (χ4n) is 3.05. The molecule has 0 aliphatic heterocycles. The third-order valence-corrected chi connectivity index (χ3v) is 4.86. The summed E-state index contributed by atoms with van der Waals surface area (Å²) in [6.45, 7) is 2.79. The van der Waals surface area contributed by atoms with Gasteiger partial charge in [-0.25, -0.2) is 10.2 Å². The lowest BCUT2D eigenvalue weighted by atomic mass is 10.1. The summed E-state index contributed by atoms with van der Waals surface area (Å²) in [6, 6.07) is 18.9. The maximum absolute atomic E-state index is 12.2. The number of ether oxygens (including phenoxy) is 1. The van der Waals surface area contributed by atoms with Crippen LogP contribution in [0.15, 0.2) is 76.9 Å². The summed E-state index contributed by atoms with van der Waals surface area (Å²) < 4.78 is 28.8. The minimum Gasteiger partial charge on any atom is -0.435 e. The minimum absolute atomic E-state index is 0.0917. The van der Waals surface area contributed by atoms with Gasteiger partial charge >= 0.3 is 12.6 Å². The number of hydrogen-bond donors (Lipinski definition) is 3. The molecule has 7 nitrogen and oxygen atoms in total. The molecule has 0 spiro atoms. The lowest BCUT2D eigenvalue weighted by Gasteiger charge is -2.10. The number of amides is 2. The molecule has 34 heavy (non-hydrogen) atoms. The van der Waals surface area contributed by atoms with Crippen molar-refractivity contribution in [3.05, 3.63) is 89.0 Å². The second kappa shape index (κ2) is 11.6. The standard InChI is InChI=1S/C25H25F2N5O2/c1-16-5-4-6-17(2)23(16)29-25(33)32-28-15-19-7-11-21(12-8-19)31-30-18(3)20-9-13-22(14-10-20)34-24(26)27/h4-15,24,31H,1-3H3,(H2,29,32,33)/b28-15+,30-18+. The number of alkyl halides is 2. The minimum atomic E-state index is -2.86. The topological polar surface area (TPSA) is 87.1 Å². The molecule has 0 aromatic heterocycles. The summed E-state index contributed by atoms with van der Waals surface area (Å²) in [6.07, 6.45) is 1.53. The van der Waals surface area contributed by atoms with Crippen LogP contribution in [0.4, 0.5) is 25.0 Å². The molecule has 0 saturated carbocycles. The number of anilines is 2. The predicted octanol–water partition coefficient (Wildman–Crippen LogP) is 5.90. The highest BCUT2D eigenvalue weighted by Gasteiger charge is 2.06. The lowest BCUT2D eigenvalue weighted by Crippen LogP contribution is -2.25. The van der Waals surface area contributed by atoms with E-state index in [1.807, 2.05) is 56.3 Å². The quantitative estimate of drug-likeness (QED) is 0.286. The van der Waals surface area contributed by atoms with Gasteiger partial charge in [0.1, 0.15) is 5.75 Å². The van der Waals surface area contributed by atoms with E-state index in [0.717, 1.165) is 33.6 Å². The first-order chi connectivity index (χ1) is 16.3. The predicted molar refractivity (Wildman–Crippen MR) is 131 cm³/mol. The second-order valence-electron chi connectivity index (χ2n) is 7.42. The van der Waals surface area contributed by atoms with E-state index in [9.17, 15) is 13.6 Å². The second-order valence-corrected chi connectivity index (χ2v) is 7.42. The number of para-hydroxylation sites is 1. The number of nitrogens with zero attached hydrogens (tertiary/aromatic N) is 2. The first-order valence-corrected chi connectivity index (χ1v) is 10.4. The van der Waals surface area contributed by atoms with Crippen molar-refractivity contribution in [2.75, 3.05) is 10.7 Å². The van der Waals surface area contributed by atoms with E-state index in [-0.39, 0.29) is 5.75 Å². The van der Waals surface area contributed by atoms with Gasteiger partial charge < -0.3 is 10.1 Å². The Balaban J connectivity index is 1.51. The molecule has 0 atom stereocenters. The third-order valence-electron chi connectivity index (χ3n) is 4.86. The van der Waals surface area contributed by atoms with Crippen molar-refractivity contribution in [1.29, 1.82) is 0 Å². The van der Waals surface area contributed by atoms with Crippen molar-refractivity contribution in [3.63, 3.8) is 0 Å². The summed E-state index contributed by atoms with van der Waals surface area (Å²) in [4.78, 5) is 12.1. The number of urea groups is 1. The Hall–Kier alpha value is -4.27. The number of benzene rings is 3. The maximum atomic E-state index is 12.2. The SMILES string of the molecule is C/C(=N\Nc1ccc(/C=N/NC(=O)Nc2c(C)cccc2C)cc1)c1ccc(OC(F)F)cc1. The molecule has 0 bridgehead atoms. The van der Waals surface area contributed by atoms with E-state index in [1.54, 1.807) is 19.1 Å². The monoisotopic (exact) mass is 465 g/mol. The van der Waals surface area contributed by atoms with Gasteiger partial charge in [-0.1, -0.05) is 30.3 Å². The van der Waals surface area contributed by atoms with Crippen LogP contribution in [0.1, 0.15) is 29.2 Å². The Morgan fingerprint density at radius 1 is 0.971 bits per heavy atom. The molecular weight excluding hydrogens is 440 g/mol. The Bertz CT molecular complexity index is 1160. The fourth-order valence-corrected chi connectivity index (χ4v) is 3.05. The molecule has 0 saturated heterocycles. The van der Waals surface area contributed by atoms with E-state index in [2.05, 4.69) is 31.1 Å². The third kappa shape index (κ3) is 7.13. The molecule has 0 aliphatic carbocycles. The van der Waals surface area contributed by atoms with Gasteiger partial charge in [-0.15, -0.1) is 0 Å². The molecule has 0 aliphatic rings. The van der Waals surface area contributed by atoms with E-state index >= 15 is 0 Å². The number of hydrazone groups is 2. The molecule has 3 aromatic carbocycles. The number of carbonyl (C=O) groups excluding carboxylic acids is 1. The van der Waals surface area contributed by atoms with E-state index in [1.165, 1.54) is 18.3 Å². The van der Waals surface area contributed by atoms with Gasteiger partial charge in [0.15, 0.2) is 0 Å². The Kier molecular flexibility index (Phi) is 8.28. The van der Waals surface area contributed by atoms with E-state index < -0.39 is 12.6 Å². The fraction of sp³-hybridized carbons (Fsp3) is 0.160. The van der Waals surface area contributed by atoms with Crippen molar-refractivity contribution >= 4 is 29.3 Å². The van der Waals surface area contributed by atoms with Crippen LogP contribution in [0, 0.1) is 13.8 Å². The zero-order valence-electron chi connectivity index (χ0n) is 19.0. The Morgan fingerprint density at radius 3 is 2.24 bits per heavy atom. The van der Waals surface area contributed by atoms with Gasteiger partial charge in [0, 0.05) is 5.69 Å². The van der Waals surface area contributed by atoms with Crippen LogP contribution in [-0.4, -0.2) is 24.6 Å². The highest BCUT2D eigenvalue weighted by Crippen LogP contribution is 2.19. The number of hydrogen-bond acceptors (Lipinski definition) is 5. The molecule has 0 heterocycles. The summed E-state index contributed by atoms with van der Waals surface area (Å²) >= 11 is 0. The highest BCUT2D eigenvalue weighted by atomic mass is 19.3. The van der Waals surface area contributed by atoms with Gasteiger partial charge in [-0.2, -0.15) is 19.0 Å². The van der Waals surface area contributed by atoms with Crippen LogP contribution in [0.2, 0.25) is 0 Å². The zero-order chi connectivity index (χ0) is 24.5. The summed E-state index contributed by atoms with van der Waals surface area (Å²) in [7, 11) is 0. The smallest absolute Gasteiger partial charge is 0.387 e. The highest BCUT2D eigenvalue weighted by molar-refractivity contribution is 5.99. The molecule has 9 heteroatoms. The Morgan fingerprint density at radius 2 is 1.62 bits per heavy atom. The summed E-state index contributed by atoms with van der Waals surface area (Å²) in [5, 5.41) is 11.1. The first kappa shape index (κ1) is 24.4. The maximum Gasteiger partial charge on any atom is 0.387 e. The van der Waals surface area contributed by atoms with Gasteiger partial charge in [0.05, 0.1) is 17.6 Å². The molecule has 3 N–H and O–H groups in total. The molecule has 3 aromatic rings.